The second-order valence-electron chi connectivity index (χ2n) is 4.57. The highest BCUT2D eigenvalue weighted by Gasteiger charge is 2.55. The molecular formula is C14H13BrFNO4. The van der Waals surface area contributed by atoms with Crippen LogP contribution in [0.3, 0.4) is 0 Å². The fraction of sp³-hybridized carbons (Fsp3) is 0.286. The van der Waals surface area contributed by atoms with Gasteiger partial charge in [0, 0.05) is 5.69 Å². The van der Waals surface area contributed by atoms with E-state index in [2.05, 4.69) is 15.9 Å². The van der Waals surface area contributed by atoms with Gasteiger partial charge >= 0.3 is 5.97 Å². The van der Waals surface area contributed by atoms with Gasteiger partial charge in [-0.3, -0.25) is 9.69 Å². The first-order valence-electron chi connectivity index (χ1n) is 6.20. The third-order valence-corrected chi connectivity index (χ3v) is 4.39. The van der Waals surface area contributed by atoms with Crippen LogP contribution in [0.4, 0.5) is 10.1 Å². The number of anilines is 1. The molecule has 1 amide bonds. The summed E-state index contributed by atoms with van der Waals surface area (Å²) in [5, 5.41) is 9.86. The molecule has 5 nitrogen and oxygen atoms in total. The van der Waals surface area contributed by atoms with Gasteiger partial charge in [0.2, 0.25) is 0 Å². The molecular weight excluding hydrogens is 345 g/mol. The van der Waals surface area contributed by atoms with Gasteiger partial charge in [0.05, 0.1) is 11.1 Å². The molecule has 0 bridgehead atoms. The maximum Gasteiger partial charge on any atom is 0.337 e. The molecule has 1 aromatic carbocycles. The first-order valence-corrected chi connectivity index (χ1v) is 6.99. The molecule has 0 saturated carbocycles. The van der Waals surface area contributed by atoms with Crippen LogP contribution in [0.15, 0.2) is 34.5 Å². The Balaban J connectivity index is 2.55. The van der Waals surface area contributed by atoms with Crippen molar-refractivity contribution in [3.63, 3.8) is 0 Å². The zero-order valence-corrected chi connectivity index (χ0v) is 13.0. The number of hydrogen-bond acceptors (Lipinski definition) is 4. The third kappa shape index (κ3) is 2.31. The normalized spacial score (nSPS) is 21.9. The molecule has 7 heteroatoms. The summed E-state index contributed by atoms with van der Waals surface area (Å²) in [6, 6.07) is 5.03. The van der Waals surface area contributed by atoms with E-state index in [0.717, 1.165) is 17.0 Å². The van der Waals surface area contributed by atoms with Crippen LogP contribution in [-0.2, 0) is 14.3 Å². The molecule has 1 aromatic rings. The van der Waals surface area contributed by atoms with Crippen LogP contribution >= 0.6 is 15.9 Å². The number of hydrogen-bond donors (Lipinski definition) is 1. The smallest absolute Gasteiger partial charge is 0.337 e. The number of rotatable bonds is 3. The van der Waals surface area contributed by atoms with Gasteiger partial charge in [-0.2, -0.15) is 0 Å². The number of carbonyl (C=O) groups excluding carboxylic acids is 2. The fourth-order valence-corrected chi connectivity index (χ4v) is 2.66. The first-order chi connectivity index (χ1) is 9.83. The summed E-state index contributed by atoms with van der Waals surface area (Å²) < 4.78 is 18.0. The predicted molar refractivity (Wildman–Crippen MR) is 77.5 cm³/mol. The molecule has 0 radical (unpaired) electrons. The lowest BCUT2D eigenvalue weighted by molar-refractivity contribution is -0.147. The Morgan fingerprint density at radius 3 is 2.52 bits per heavy atom. The average molecular weight is 358 g/mol. The number of halogens is 2. The number of esters is 1. The van der Waals surface area contributed by atoms with Crippen LogP contribution < -0.4 is 4.90 Å². The van der Waals surface area contributed by atoms with E-state index < -0.39 is 29.0 Å². The minimum Gasteiger partial charge on any atom is -0.502 e. The highest BCUT2D eigenvalue weighted by Crippen LogP contribution is 2.42. The topological polar surface area (TPSA) is 66.8 Å². The number of aliphatic hydroxyl groups excluding tert-OH is 1. The second kappa shape index (κ2) is 5.48. The van der Waals surface area contributed by atoms with E-state index in [1.807, 2.05) is 0 Å². The standard InChI is InChI=1S/C14H13BrFNO4/c1-3-21-13(20)14(2)11(15)10(18)12(19)17(14)9-6-4-8(16)5-7-9/h4-7,18H,3H2,1-2H3/t14-/m0/s1. The maximum absolute atomic E-state index is 13.0. The maximum atomic E-state index is 13.0. The van der Waals surface area contributed by atoms with Gasteiger partial charge < -0.3 is 9.84 Å². The predicted octanol–water partition coefficient (Wildman–Crippen LogP) is 2.66. The molecule has 0 saturated heterocycles. The summed E-state index contributed by atoms with van der Waals surface area (Å²) in [6.07, 6.45) is 0. The van der Waals surface area contributed by atoms with E-state index in [-0.39, 0.29) is 16.8 Å². The Bertz CT molecular complexity index is 628. The van der Waals surface area contributed by atoms with Crippen LogP contribution in [-0.4, -0.2) is 29.1 Å². The Morgan fingerprint density at radius 2 is 2.00 bits per heavy atom. The van der Waals surface area contributed by atoms with Gasteiger partial charge in [0.1, 0.15) is 5.82 Å². The van der Waals surface area contributed by atoms with Crippen LogP contribution in [0.25, 0.3) is 0 Å². The van der Waals surface area contributed by atoms with E-state index in [1.165, 1.54) is 19.1 Å². The number of aliphatic hydroxyl groups is 1. The highest BCUT2D eigenvalue weighted by molar-refractivity contribution is 9.11. The van der Waals surface area contributed by atoms with Crippen molar-refractivity contribution in [3.8, 4) is 0 Å². The quantitative estimate of drug-likeness (QED) is 0.844. The van der Waals surface area contributed by atoms with Crippen LogP contribution in [0.5, 0.6) is 0 Å². The average Bonchev–Trinajstić information content (AvgIpc) is 2.63. The van der Waals surface area contributed by atoms with E-state index in [1.54, 1.807) is 6.92 Å². The van der Waals surface area contributed by atoms with E-state index in [9.17, 15) is 19.1 Å². The fourth-order valence-electron chi connectivity index (χ4n) is 2.15. The van der Waals surface area contributed by atoms with Gasteiger partial charge in [-0.15, -0.1) is 0 Å². The lowest BCUT2D eigenvalue weighted by Gasteiger charge is -2.33. The van der Waals surface area contributed by atoms with Gasteiger partial charge in [-0.25, -0.2) is 9.18 Å². The van der Waals surface area contributed by atoms with Gasteiger partial charge in [0.25, 0.3) is 5.91 Å². The second-order valence-corrected chi connectivity index (χ2v) is 5.37. The van der Waals surface area contributed by atoms with E-state index in [0.29, 0.717) is 0 Å². The molecule has 0 unspecified atom stereocenters. The molecule has 1 aliphatic heterocycles. The zero-order chi connectivity index (χ0) is 15.8. The van der Waals surface area contributed by atoms with Crippen molar-refractivity contribution in [1.82, 2.24) is 0 Å². The number of carbonyl (C=O) groups is 2. The number of benzene rings is 1. The van der Waals surface area contributed by atoms with Crippen molar-refractivity contribution in [2.24, 2.45) is 0 Å². The molecule has 0 aromatic heterocycles. The SMILES string of the molecule is CCOC(=O)[C@]1(C)C(Br)=C(O)C(=O)N1c1ccc(F)cc1. The molecule has 112 valence electrons. The number of ether oxygens (including phenoxy) is 1. The Hall–Kier alpha value is -1.89. The molecule has 1 heterocycles. The first kappa shape index (κ1) is 15.5. The molecule has 1 N–H and O–H groups in total. The van der Waals surface area contributed by atoms with Gasteiger partial charge in [-0.05, 0) is 54.0 Å². The molecule has 21 heavy (non-hydrogen) atoms. The summed E-state index contributed by atoms with van der Waals surface area (Å²) in [4.78, 5) is 25.5. The molecule has 0 aliphatic carbocycles. The molecule has 0 fully saturated rings. The Labute approximate surface area is 129 Å². The summed E-state index contributed by atoms with van der Waals surface area (Å²) in [6.45, 7) is 3.21. The molecule has 1 atom stereocenters. The van der Waals surface area contributed by atoms with Crippen molar-refractivity contribution in [3.05, 3.63) is 40.3 Å². The summed E-state index contributed by atoms with van der Waals surface area (Å²) >= 11 is 3.08. The van der Waals surface area contributed by atoms with Crippen LogP contribution in [0.2, 0.25) is 0 Å². The number of amides is 1. The Morgan fingerprint density at radius 1 is 1.43 bits per heavy atom. The van der Waals surface area contributed by atoms with Crippen molar-refractivity contribution in [2.45, 2.75) is 19.4 Å². The third-order valence-electron chi connectivity index (χ3n) is 3.25. The summed E-state index contributed by atoms with van der Waals surface area (Å²) in [5.74, 6) is -2.50. The number of nitrogens with zero attached hydrogens (tertiary/aromatic N) is 1. The lowest BCUT2D eigenvalue weighted by Crippen LogP contribution is -2.52. The van der Waals surface area contributed by atoms with E-state index in [4.69, 9.17) is 4.74 Å². The summed E-state index contributed by atoms with van der Waals surface area (Å²) in [5.41, 5.74) is -1.26. The molecule has 1 aliphatic rings. The van der Waals surface area contributed by atoms with Gasteiger partial charge in [-0.1, -0.05) is 0 Å². The van der Waals surface area contributed by atoms with Crippen molar-refractivity contribution in [1.29, 1.82) is 0 Å². The lowest BCUT2D eigenvalue weighted by atomic mass is 10.0. The largest absolute Gasteiger partial charge is 0.502 e. The van der Waals surface area contributed by atoms with E-state index >= 15 is 0 Å². The van der Waals surface area contributed by atoms with Crippen molar-refractivity contribution >= 4 is 33.5 Å². The minimum atomic E-state index is -1.53. The monoisotopic (exact) mass is 357 g/mol. The molecule has 2 rings (SSSR count). The zero-order valence-electron chi connectivity index (χ0n) is 11.4. The minimum absolute atomic E-state index is 0.0165. The van der Waals surface area contributed by atoms with Crippen molar-refractivity contribution < 1.29 is 23.8 Å². The molecule has 0 spiro atoms. The van der Waals surface area contributed by atoms with Crippen LogP contribution in [0, 0.1) is 5.82 Å². The van der Waals surface area contributed by atoms with Crippen molar-refractivity contribution in [2.75, 3.05) is 11.5 Å². The highest BCUT2D eigenvalue weighted by atomic mass is 79.9. The van der Waals surface area contributed by atoms with Gasteiger partial charge in [0.15, 0.2) is 11.3 Å². The Kier molecular flexibility index (Phi) is 4.04. The summed E-state index contributed by atoms with van der Waals surface area (Å²) in [7, 11) is 0. The van der Waals surface area contributed by atoms with Crippen LogP contribution in [0.1, 0.15) is 13.8 Å².